The predicted octanol–water partition coefficient (Wildman–Crippen LogP) is 3.57. The third kappa shape index (κ3) is 3.05. The van der Waals surface area contributed by atoms with E-state index in [4.69, 9.17) is 16.6 Å². The van der Waals surface area contributed by atoms with Crippen molar-refractivity contribution in [3.63, 3.8) is 0 Å². The third-order valence-corrected chi connectivity index (χ3v) is 6.73. The summed E-state index contributed by atoms with van der Waals surface area (Å²) in [6.07, 6.45) is 0.482. The maximum absolute atomic E-state index is 6.15. The van der Waals surface area contributed by atoms with Gasteiger partial charge in [0.15, 0.2) is 11.6 Å². The van der Waals surface area contributed by atoms with Gasteiger partial charge in [-0.05, 0) is 43.7 Å². The summed E-state index contributed by atoms with van der Waals surface area (Å²) >= 11 is 7.88. The Labute approximate surface area is 182 Å². The number of halogens is 1. The number of fused-ring (bicyclic) bond motifs is 3. The second-order valence-corrected chi connectivity index (χ2v) is 8.94. The summed E-state index contributed by atoms with van der Waals surface area (Å²) in [6, 6.07) is 7.51. The fraction of sp³-hybridized carbons (Fsp3) is 0.300. The lowest BCUT2D eigenvalue weighted by Gasteiger charge is -2.11. The number of rotatable bonds is 3. The lowest BCUT2D eigenvalue weighted by Crippen LogP contribution is -2.10. The van der Waals surface area contributed by atoms with Crippen LogP contribution >= 0.6 is 22.9 Å². The van der Waals surface area contributed by atoms with Crippen LogP contribution in [0.3, 0.4) is 0 Å². The van der Waals surface area contributed by atoms with Crippen molar-refractivity contribution in [1.82, 2.24) is 35.0 Å². The van der Waals surface area contributed by atoms with Gasteiger partial charge in [0.05, 0.1) is 12.8 Å². The van der Waals surface area contributed by atoms with Crippen molar-refractivity contribution in [1.29, 1.82) is 0 Å². The third-order valence-electron chi connectivity index (χ3n) is 5.28. The fourth-order valence-corrected chi connectivity index (χ4v) is 5.05. The molecule has 3 aromatic heterocycles. The number of hydrogen-bond donors (Lipinski definition) is 0. The van der Waals surface area contributed by atoms with E-state index in [0.717, 1.165) is 33.5 Å². The average Bonchev–Trinajstić information content (AvgIpc) is 3.35. The lowest BCUT2D eigenvalue weighted by atomic mass is 9.99. The van der Waals surface area contributed by atoms with E-state index in [-0.39, 0.29) is 6.04 Å². The van der Waals surface area contributed by atoms with Crippen molar-refractivity contribution in [3.05, 3.63) is 68.3 Å². The topological polar surface area (TPSA) is 86.7 Å². The molecule has 10 heteroatoms. The fourth-order valence-electron chi connectivity index (χ4n) is 3.71. The molecule has 8 nitrogen and oxygen atoms in total. The Morgan fingerprint density at radius 1 is 1.07 bits per heavy atom. The van der Waals surface area contributed by atoms with E-state index >= 15 is 0 Å². The molecule has 1 aliphatic heterocycles. The molecule has 0 bridgehead atoms. The van der Waals surface area contributed by atoms with Gasteiger partial charge in [0.1, 0.15) is 16.9 Å². The summed E-state index contributed by atoms with van der Waals surface area (Å²) in [5.74, 6) is 2.23. The molecule has 0 amide bonds. The SMILES string of the molecule is Cc1sc2c(c1C)C(c1ccc(Cl)cc1)=N[C@H](Cc1nnn(C)n1)c1nnc(C)n1-2. The van der Waals surface area contributed by atoms with E-state index in [1.807, 2.05) is 31.2 Å². The second-order valence-electron chi connectivity index (χ2n) is 7.30. The van der Waals surface area contributed by atoms with Crippen LogP contribution in [-0.4, -0.2) is 40.7 Å². The monoisotopic (exact) mass is 438 g/mol. The molecule has 4 aromatic rings. The van der Waals surface area contributed by atoms with Gasteiger partial charge in [0.25, 0.3) is 0 Å². The number of aliphatic imine (C=N–C) groups is 1. The first kappa shape index (κ1) is 19.1. The minimum Gasteiger partial charge on any atom is -0.272 e. The second kappa shape index (κ2) is 7.10. The molecule has 0 N–H and O–H groups in total. The molecule has 0 saturated heterocycles. The van der Waals surface area contributed by atoms with E-state index < -0.39 is 0 Å². The van der Waals surface area contributed by atoms with Gasteiger partial charge in [-0.2, -0.15) is 4.80 Å². The Morgan fingerprint density at radius 3 is 2.53 bits per heavy atom. The van der Waals surface area contributed by atoms with Crippen LogP contribution in [0.5, 0.6) is 0 Å². The summed E-state index contributed by atoms with van der Waals surface area (Å²) in [5.41, 5.74) is 4.25. The van der Waals surface area contributed by atoms with Crippen molar-refractivity contribution in [2.24, 2.45) is 12.0 Å². The Morgan fingerprint density at radius 2 is 1.83 bits per heavy atom. The van der Waals surface area contributed by atoms with Crippen molar-refractivity contribution < 1.29 is 0 Å². The smallest absolute Gasteiger partial charge is 0.177 e. The molecule has 152 valence electrons. The zero-order valence-electron chi connectivity index (χ0n) is 17.0. The van der Waals surface area contributed by atoms with E-state index in [2.05, 4.69) is 44.0 Å². The molecule has 0 fully saturated rings. The number of nitrogens with zero attached hydrogens (tertiary/aromatic N) is 8. The Hall–Kier alpha value is -2.91. The number of tetrazole rings is 1. The van der Waals surface area contributed by atoms with E-state index in [1.54, 1.807) is 18.4 Å². The number of thiophene rings is 1. The molecular weight excluding hydrogens is 420 g/mol. The molecular formula is C20H19ClN8S. The molecule has 4 heterocycles. The minimum absolute atomic E-state index is 0.291. The molecule has 0 aliphatic carbocycles. The van der Waals surface area contributed by atoms with Crippen molar-refractivity contribution in [3.8, 4) is 5.00 Å². The standard InChI is InChI=1S/C20H19ClN8S/c1-10-11(2)30-20-17(10)18(13-5-7-14(21)8-6-13)22-15(9-16-24-27-28(4)26-16)19-25-23-12(3)29(19)20/h5-8,15H,9H2,1-4H3/t15-/m1/s1. The highest BCUT2D eigenvalue weighted by atomic mass is 35.5. The van der Waals surface area contributed by atoms with E-state index in [0.29, 0.717) is 17.3 Å². The van der Waals surface area contributed by atoms with Gasteiger partial charge in [-0.3, -0.25) is 9.56 Å². The number of aromatic nitrogens is 7. The summed E-state index contributed by atoms with van der Waals surface area (Å²) in [4.78, 5) is 7.89. The molecule has 1 aromatic carbocycles. The van der Waals surface area contributed by atoms with Crippen LogP contribution in [0.25, 0.3) is 5.00 Å². The molecule has 30 heavy (non-hydrogen) atoms. The van der Waals surface area contributed by atoms with Crippen LogP contribution in [0.2, 0.25) is 5.02 Å². The van der Waals surface area contributed by atoms with Crippen LogP contribution in [0.4, 0.5) is 0 Å². The molecule has 0 unspecified atom stereocenters. The summed E-state index contributed by atoms with van der Waals surface area (Å²) < 4.78 is 2.12. The van der Waals surface area contributed by atoms with Gasteiger partial charge in [-0.25, -0.2) is 0 Å². The number of benzene rings is 1. The highest BCUT2D eigenvalue weighted by molar-refractivity contribution is 7.15. The van der Waals surface area contributed by atoms with Crippen LogP contribution < -0.4 is 0 Å². The molecule has 5 rings (SSSR count). The van der Waals surface area contributed by atoms with Gasteiger partial charge in [0.2, 0.25) is 0 Å². The summed E-state index contributed by atoms with van der Waals surface area (Å²) in [7, 11) is 1.75. The van der Waals surface area contributed by atoms with Crippen molar-refractivity contribution >= 4 is 28.6 Å². The first-order valence-electron chi connectivity index (χ1n) is 9.51. The van der Waals surface area contributed by atoms with Gasteiger partial charge in [-0.1, -0.05) is 23.7 Å². The largest absolute Gasteiger partial charge is 0.272 e. The van der Waals surface area contributed by atoms with Gasteiger partial charge in [0, 0.05) is 27.4 Å². The molecule has 0 saturated carbocycles. The van der Waals surface area contributed by atoms with Crippen LogP contribution in [0.15, 0.2) is 29.3 Å². The highest BCUT2D eigenvalue weighted by Crippen LogP contribution is 2.39. The van der Waals surface area contributed by atoms with Gasteiger partial charge >= 0.3 is 0 Å². The summed E-state index contributed by atoms with van der Waals surface area (Å²) in [6.45, 7) is 6.24. The molecule has 1 aliphatic rings. The minimum atomic E-state index is -0.291. The van der Waals surface area contributed by atoms with E-state index in [9.17, 15) is 0 Å². The molecule has 0 spiro atoms. The summed E-state index contributed by atoms with van der Waals surface area (Å²) in [5, 5.41) is 23.1. The van der Waals surface area contributed by atoms with Crippen molar-refractivity contribution in [2.45, 2.75) is 33.2 Å². The van der Waals surface area contributed by atoms with Crippen LogP contribution in [0, 0.1) is 20.8 Å². The Bertz CT molecular complexity index is 1280. The quantitative estimate of drug-likeness (QED) is 0.488. The Balaban J connectivity index is 1.76. The van der Waals surface area contributed by atoms with Crippen LogP contribution in [0.1, 0.15) is 45.1 Å². The first-order valence-corrected chi connectivity index (χ1v) is 10.7. The van der Waals surface area contributed by atoms with Gasteiger partial charge < -0.3 is 0 Å². The van der Waals surface area contributed by atoms with Gasteiger partial charge in [-0.15, -0.1) is 31.7 Å². The highest BCUT2D eigenvalue weighted by Gasteiger charge is 2.32. The Kier molecular flexibility index (Phi) is 4.52. The normalized spacial score (nSPS) is 15.5. The first-order chi connectivity index (χ1) is 14.4. The van der Waals surface area contributed by atoms with E-state index in [1.165, 1.54) is 15.2 Å². The maximum atomic E-state index is 6.15. The van der Waals surface area contributed by atoms with Crippen LogP contribution in [-0.2, 0) is 13.5 Å². The predicted molar refractivity (Wildman–Crippen MR) is 116 cm³/mol. The average molecular weight is 439 g/mol. The van der Waals surface area contributed by atoms with Crippen molar-refractivity contribution in [2.75, 3.05) is 0 Å². The maximum Gasteiger partial charge on any atom is 0.177 e. The number of hydrogen-bond acceptors (Lipinski definition) is 7. The zero-order valence-corrected chi connectivity index (χ0v) is 18.5. The zero-order chi connectivity index (χ0) is 21.0. The lowest BCUT2D eigenvalue weighted by molar-refractivity contribution is 0.613. The molecule has 0 radical (unpaired) electrons. The molecule has 1 atom stereocenters. The number of aryl methyl sites for hydroxylation is 3.